The van der Waals surface area contributed by atoms with Gasteiger partial charge in [0.2, 0.25) is 11.8 Å². The molecule has 2 aromatic carbocycles. The van der Waals surface area contributed by atoms with E-state index in [9.17, 15) is 14.0 Å². The number of nitrogens with one attached hydrogen (secondary N) is 2. The lowest BCUT2D eigenvalue weighted by atomic mass is 9.96. The van der Waals surface area contributed by atoms with Crippen LogP contribution in [-0.4, -0.2) is 18.4 Å². The quantitative estimate of drug-likeness (QED) is 0.832. The van der Waals surface area contributed by atoms with Crippen LogP contribution in [0.2, 0.25) is 0 Å². The van der Waals surface area contributed by atoms with Gasteiger partial charge in [-0.1, -0.05) is 32.9 Å². The van der Waals surface area contributed by atoms with E-state index in [0.29, 0.717) is 18.0 Å². The number of ether oxygens (including phenoxy) is 1. The van der Waals surface area contributed by atoms with E-state index >= 15 is 0 Å². The first-order chi connectivity index (χ1) is 12.2. The fourth-order valence-corrected chi connectivity index (χ4v) is 2.00. The molecule has 138 valence electrons. The van der Waals surface area contributed by atoms with Crippen LogP contribution in [0.4, 0.5) is 4.39 Å². The van der Waals surface area contributed by atoms with Crippen LogP contribution in [0.25, 0.3) is 0 Å². The van der Waals surface area contributed by atoms with Crippen molar-refractivity contribution in [3.05, 3.63) is 59.9 Å². The molecule has 0 heterocycles. The summed E-state index contributed by atoms with van der Waals surface area (Å²) in [5.41, 5.74) is 0.368. The van der Waals surface area contributed by atoms with Crippen LogP contribution in [0, 0.1) is 11.2 Å². The van der Waals surface area contributed by atoms with Crippen molar-refractivity contribution < 1.29 is 18.7 Å². The molecule has 0 saturated heterocycles. The zero-order valence-electron chi connectivity index (χ0n) is 15.1. The Balaban J connectivity index is 1.79. The highest BCUT2D eigenvalue weighted by atomic mass is 19.1. The molecule has 0 atom stereocenters. The Morgan fingerprint density at radius 1 is 0.923 bits per heavy atom. The van der Waals surface area contributed by atoms with Crippen LogP contribution in [0.15, 0.2) is 48.5 Å². The fraction of sp³-hybridized carbons (Fsp3) is 0.300. The Kier molecular flexibility index (Phi) is 6.33. The van der Waals surface area contributed by atoms with Crippen molar-refractivity contribution in [3.8, 4) is 11.5 Å². The smallest absolute Gasteiger partial charge is 0.239 e. The Morgan fingerprint density at radius 2 is 1.46 bits per heavy atom. The molecule has 0 fully saturated rings. The minimum atomic E-state index is -0.527. The van der Waals surface area contributed by atoms with Crippen LogP contribution >= 0.6 is 0 Å². The van der Waals surface area contributed by atoms with Crippen molar-refractivity contribution >= 4 is 11.8 Å². The first kappa shape index (κ1) is 19.4. The number of rotatable bonds is 6. The number of hydrogen-bond donors (Lipinski definition) is 2. The maximum atomic E-state index is 12.9. The predicted molar refractivity (Wildman–Crippen MR) is 97.2 cm³/mol. The largest absolute Gasteiger partial charge is 0.457 e. The Labute approximate surface area is 152 Å². The average molecular weight is 358 g/mol. The summed E-state index contributed by atoms with van der Waals surface area (Å²) in [6.07, 6.45) is 0. The van der Waals surface area contributed by atoms with Crippen LogP contribution in [0.3, 0.4) is 0 Å². The van der Waals surface area contributed by atoms with Gasteiger partial charge in [-0.2, -0.15) is 0 Å². The van der Waals surface area contributed by atoms with Gasteiger partial charge in [0.15, 0.2) is 0 Å². The zero-order valence-corrected chi connectivity index (χ0v) is 15.1. The highest BCUT2D eigenvalue weighted by Gasteiger charge is 2.21. The molecule has 2 N–H and O–H groups in total. The maximum Gasteiger partial charge on any atom is 0.239 e. The summed E-state index contributed by atoms with van der Waals surface area (Å²) in [6, 6.07) is 13.0. The molecule has 0 spiro atoms. The van der Waals surface area contributed by atoms with Crippen molar-refractivity contribution in [1.29, 1.82) is 0 Å². The lowest BCUT2D eigenvalue weighted by Gasteiger charge is -2.17. The molecule has 0 aliphatic heterocycles. The Hall–Kier alpha value is -2.89. The molecule has 0 aliphatic carbocycles. The van der Waals surface area contributed by atoms with Gasteiger partial charge in [0.25, 0.3) is 0 Å². The molecule has 0 aliphatic rings. The highest BCUT2D eigenvalue weighted by Crippen LogP contribution is 2.21. The SMILES string of the molecule is CC(C)(C)C(=O)NCC(=O)NCc1ccc(Oc2ccc(F)cc2)cc1. The Bertz CT molecular complexity index is 750. The molecular formula is C20H23FN2O3. The monoisotopic (exact) mass is 358 g/mol. The minimum absolute atomic E-state index is 0.0537. The molecule has 26 heavy (non-hydrogen) atoms. The molecule has 0 saturated carbocycles. The second kappa shape index (κ2) is 8.47. The van der Waals surface area contributed by atoms with Gasteiger partial charge >= 0.3 is 0 Å². The van der Waals surface area contributed by atoms with Gasteiger partial charge in [0, 0.05) is 12.0 Å². The second-order valence-electron chi connectivity index (χ2n) is 6.91. The van der Waals surface area contributed by atoms with E-state index in [1.54, 1.807) is 45.0 Å². The number of benzene rings is 2. The van der Waals surface area contributed by atoms with Crippen molar-refractivity contribution in [2.45, 2.75) is 27.3 Å². The summed E-state index contributed by atoms with van der Waals surface area (Å²) in [6.45, 7) is 5.66. The lowest BCUT2D eigenvalue weighted by Crippen LogP contribution is -2.41. The van der Waals surface area contributed by atoms with Gasteiger partial charge in [-0.05, 0) is 42.0 Å². The fourth-order valence-electron chi connectivity index (χ4n) is 2.00. The van der Waals surface area contributed by atoms with Gasteiger partial charge in [0.1, 0.15) is 17.3 Å². The first-order valence-corrected chi connectivity index (χ1v) is 8.31. The van der Waals surface area contributed by atoms with Crippen LogP contribution in [-0.2, 0) is 16.1 Å². The third-order valence-electron chi connectivity index (χ3n) is 3.55. The van der Waals surface area contributed by atoms with Crippen molar-refractivity contribution in [2.24, 2.45) is 5.41 Å². The Morgan fingerprint density at radius 3 is 2.00 bits per heavy atom. The van der Waals surface area contributed by atoms with E-state index in [0.717, 1.165) is 5.56 Å². The van der Waals surface area contributed by atoms with E-state index in [1.165, 1.54) is 12.1 Å². The molecule has 2 aromatic rings. The maximum absolute atomic E-state index is 12.9. The van der Waals surface area contributed by atoms with E-state index in [2.05, 4.69) is 10.6 Å². The summed E-state index contributed by atoms with van der Waals surface area (Å²) >= 11 is 0. The van der Waals surface area contributed by atoms with Gasteiger partial charge in [-0.25, -0.2) is 4.39 Å². The van der Waals surface area contributed by atoms with E-state index in [4.69, 9.17) is 4.74 Å². The van der Waals surface area contributed by atoms with Crippen LogP contribution in [0.1, 0.15) is 26.3 Å². The zero-order chi connectivity index (χ0) is 19.2. The van der Waals surface area contributed by atoms with Crippen LogP contribution in [0.5, 0.6) is 11.5 Å². The molecule has 0 radical (unpaired) electrons. The first-order valence-electron chi connectivity index (χ1n) is 8.31. The standard InChI is InChI=1S/C20H23FN2O3/c1-20(2,3)19(25)23-13-18(24)22-12-14-4-8-16(9-5-14)26-17-10-6-15(21)7-11-17/h4-11H,12-13H2,1-3H3,(H,22,24)(H,23,25). The summed E-state index contributed by atoms with van der Waals surface area (Å²) in [4.78, 5) is 23.5. The number of hydrogen-bond acceptors (Lipinski definition) is 3. The predicted octanol–water partition coefficient (Wildman–Crippen LogP) is 3.40. The molecular weight excluding hydrogens is 335 g/mol. The second-order valence-corrected chi connectivity index (χ2v) is 6.91. The molecule has 2 amide bonds. The minimum Gasteiger partial charge on any atom is -0.457 e. The van der Waals surface area contributed by atoms with Gasteiger partial charge in [0.05, 0.1) is 6.54 Å². The molecule has 6 heteroatoms. The topological polar surface area (TPSA) is 67.4 Å². The van der Waals surface area contributed by atoms with Gasteiger partial charge in [-0.15, -0.1) is 0 Å². The van der Waals surface area contributed by atoms with Gasteiger partial charge in [-0.3, -0.25) is 9.59 Å². The summed E-state index contributed by atoms with van der Waals surface area (Å²) in [7, 11) is 0. The number of halogens is 1. The van der Waals surface area contributed by atoms with Crippen molar-refractivity contribution in [3.63, 3.8) is 0 Å². The van der Waals surface area contributed by atoms with Crippen molar-refractivity contribution in [2.75, 3.05) is 6.54 Å². The van der Waals surface area contributed by atoms with Crippen molar-refractivity contribution in [1.82, 2.24) is 10.6 Å². The molecule has 0 bridgehead atoms. The number of carbonyl (C=O) groups is 2. The van der Waals surface area contributed by atoms with E-state index in [-0.39, 0.29) is 24.2 Å². The highest BCUT2D eigenvalue weighted by molar-refractivity contribution is 5.87. The average Bonchev–Trinajstić information content (AvgIpc) is 2.60. The third kappa shape index (κ3) is 6.20. The van der Waals surface area contributed by atoms with E-state index in [1.807, 2.05) is 12.1 Å². The lowest BCUT2D eigenvalue weighted by molar-refractivity contribution is -0.131. The summed E-state index contributed by atoms with van der Waals surface area (Å²) < 4.78 is 18.5. The summed E-state index contributed by atoms with van der Waals surface area (Å²) in [5.74, 6) is 0.414. The molecule has 0 unspecified atom stereocenters. The molecule has 0 aromatic heterocycles. The normalized spacial score (nSPS) is 10.9. The third-order valence-corrected chi connectivity index (χ3v) is 3.55. The molecule has 5 nitrogen and oxygen atoms in total. The van der Waals surface area contributed by atoms with E-state index < -0.39 is 5.41 Å². The van der Waals surface area contributed by atoms with Gasteiger partial charge < -0.3 is 15.4 Å². The molecule has 2 rings (SSSR count). The summed E-state index contributed by atoms with van der Waals surface area (Å²) in [5, 5.41) is 5.35. The number of amides is 2. The van der Waals surface area contributed by atoms with Crippen LogP contribution < -0.4 is 15.4 Å². The number of carbonyl (C=O) groups excluding carboxylic acids is 2.